The molecule has 3 atom stereocenters. The predicted octanol–water partition coefficient (Wildman–Crippen LogP) is 16.2. The normalized spacial score (nSPS) is 17.2. The van der Waals surface area contributed by atoms with Crippen molar-refractivity contribution in [3.8, 4) is 50.3 Å². The van der Waals surface area contributed by atoms with Crippen LogP contribution in [0.5, 0.6) is 5.75 Å². The van der Waals surface area contributed by atoms with Crippen LogP contribution in [0.3, 0.4) is 0 Å². The molecule has 1 aliphatic heterocycles. The number of anilines is 5. The first-order chi connectivity index (χ1) is 31.6. The quantitative estimate of drug-likeness (QED) is 0.128. The summed E-state index contributed by atoms with van der Waals surface area (Å²) in [5.74, 6) is 1.08. The van der Waals surface area contributed by atoms with Crippen LogP contribution in [0, 0.1) is 0 Å². The number of nitrogens with zero attached hydrogens (tertiary/aromatic N) is 2. The molecule has 1 heterocycles. The monoisotopic (exact) mass is 824 g/mol. The minimum Gasteiger partial charge on any atom is -0.484 e. The van der Waals surface area contributed by atoms with Gasteiger partial charge in [-0.2, -0.15) is 0 Å². The van der Waals surface area contributed by atoms with E-state index in [9.17, 15) is 0 Å². The summed E-state index contributed by atoms with van der Waals surface area (Å²) < 4.78 is 7.13. The molecular weight excluding hydrogens is 777 g/mol. The van der Waals surface area contributed by atoms with Gasteiger partial charge in [0.1, 0.15) is 11.4 Å². The topological polar surface area (TPSA) is 15.7 Å². The Kier molecular flexibility index (Phi) is 10.2. The lowest BCUT2D eigenvalue weighted by atomic mass is 9.74. The van der Waals surface area contributed by atoms with E-state index in [4.69, 9.17) is 4.74 Å². The molecule has 0 N–H and O–H groups in total. The van der Waals surface area contributed by atoms with Gasteiger partial charge in [0.2, 0.25) is 0 Å². The molecule has 0 fully saturated rings. The van der Waals surface area contributed by atoms with Crippen LogP contribution in [0.25, 0.3) is 44.5 Å². The van der Waals surface area contributed by atoms with E-state index in [1.165, 1.54) is 38.9 Å². The summed E-state index contributed by atoms with van der Waals surface area (Å²) in [6, 6.07) is 85.2. The molecule has 3 heteroatoms. The zero-order valence-corrected chi connectivity index (χ0v) is 35.8. The van der Waals surface area contributed by atoms with Crippen molar-refractivity contribution in [2.45, 2.75) is 30.9 Å². The molecule has 0 amide bonds. The van der Waals surface area contributed by atoms with Gasteiger partial charge in [-0.1, -0.05) is 194 Å². The van der Waals surface area contributed by atoms with Crippen molar-refractivity contribution in [3.05, 3.63) is 254 Å². The Bertz CT molecular complexity index is 2970. The largest absolute Gasteiger partial charge is 0.484 e. The van der Waals surface area contributed by atoms with Crippen molar-refractivity contribution in [3.63, 3.8) is 0 Å². The summed E-state index contributed by atoms with van der Waals surface area (Å²) in [6.07, 6.45) is 5.56. The van der Waals surface area contributed by atoms with E-state index in [-0.39, 0.29) is 12.0 Å². The second-order valence-corrected chi connectivity index (χ2v) is 17.0. The third kappa shape index (κ3) is 7.15. The van der Waals surface area contributed by atoms with Crippen molar-refractivity contribution in [2.24, 2.45) is 0 Å². The Hall–Kier alpha value is -7.88. The summed E-state index contributed by atoms with van der Waals surface area (Å²) >= 11 is 0. The number of ether oxygens (including phenoxy) is 1. The molecule has 2 aliphatic rings. The second-order valence-electron chi connectivity index (χ2n) is 17.0. The molecule has 3 unspecified atom stereocenters. The van der Waals surface area contributed by atoms with Crippen LogP contribution in [0.15, 0.2) is 249 Å². The first-order valence-electron chi connectivity index (χ1n) is 22.3. The van der Waals surface area contributed by atoms with Gasteiger partial charge in [0, 0.05) is 45.4 Å². The fraction of sp³-hybridized carbons (Fsp3) is 0.0820. The Morgan fingerprint density at radius 1 is 0.406 bits per heavy atom. The van der Waals surface area contributed by atoms with Crippen LogP contribution in [-0.4, -0.2) is 11.6 Å². The lowest BCUT2D eigenvalue weighted by Gasteiger charge is -2.47. The maximum Gasteiger partial charge on any atom is 0.137 e. The van der Waals surface area contributed by atoms with Crippen LogP contribution in [-0.2, 0) is 0 Å². The maximum atomic E-state index is 7.13. The van der Waals surface area contributed by atoms with E-state index < -0.39 is 5.60 Å². The second kappa shape index (κ2) is 16.8. The molecule has 64 heavy (non-hydrogen) atoms. The zero-order valence-electron chi connectivity index (χ0n) is 35.8. The Morgan fingerprint density at radius 2 is 0.812 bits per heavy atom. The predicted molar refractivity (Wildman–Crippen MR) is 267 cm³/mol. The molecule has 0 saturated carbocycles. The van der Waals surface area contributed by atoms with E-state index in [0.29, 0.717) is 0 Å². The molecule has 308 valence electrons. The van der Waals surface area contributed by atoms with Crippen LogP contribution in [0.1, 0.15) is 24.8 Å². The number of fused-ring (bicyclic) bond motifs is 3. The standard InChI is InChI=1S/C61H48N2O/c1-61-56(55-26-13-16-30-59(55)64-61)27-17-31-60(61)63(52-42-36-49(37-43-52)46-22-9-4-10-23-46)58-29-15-12-25-54(58)53-24-11-14-28-57(53)62(50-38-32-47(33-39-50)44-18-5-2-6-19-44)51-40-34-48(35-41-51)45-20-7-3-8-21-45/h2-30,32-43,56,60H,31H2,1H3. The number of para-hydroxylation sites is 3. The molecule has 9 aromatic rings. The van der Waals surface area contributed by atoms with Crippen LogP contribution < -0.4 is 14.5 Å². The first kappa shape index (κ1) is 39.0. The first-order valence-corrected chi connectivity index (χ1v) is 22.3. The molecule has 0 saturated heterocycles. The van der Waals surface area contributed by atoms with Gasteiger partial charge < -0.3 is 14.5 Å². The summed E-state index contributed by atoms with van der Waals surface area (Å²) in [7, 11) is 0. The highest BCUT2D eigenvalue weighted by molar-refractivity contribution is 5.94. The Balaban J connectivity index is 1.07. The smallest absolute Gasteiger partial charge is 0.137 e. The van der Waals surface area contributed by atoms with Gasteiger partial charge in [-0.15, -0.1) is 0 Å². The Morgan fingerprint density at radius 3 is 1.34 bits per heavy atom. The van der Waals surface area contributed by atoms with Gasteiger partial charge in [-0.25, -0.2) is 0 Å². The molecule has 0 spiro atoms. The van der Waals surface area contributed by atoms with Crippen molar-refractivity contribution in [1.82, 2.24) is 0 Å². The number of hydrogen-bond acceptors (Lipinski definition) is 3. The van der Waals surface area contributed by atoms with Gasteiger partial charge in [0.15, 0.2) is 0 Å². The van der Waals surface area contributed by atoms with Gasteiger partial charge in [-0.3, -0.25) is 0 Å². The van der Waals surface area contributed by atoms with Crippen molar-refractivity contribution in [1.29, 1.82) is 0 Å². The molecule has 11 rings (SSSR count). The van der Waals surface area contributed by atoms with Crippen LogP contribution in [0.4, 0.5) is 28.4 Å². The third-order valence-corrected chi connectivity index (χ3v) is 13.2. The summed E-state index contributed by atoms with van der Waals surface area (Å²) in [4.78, 5) is 4.98. The van der Waals surface area contributed by atoms with Gasteiger partial charge in [0.05, 0.1) is 11.7 Å². The molecule has 0 bridgehead atoms. The van der Waals surface area contributed by atoms with Crippen molar-refractivity contribution in [2.75, 3.05) is 9.80 Å². The minimum atomic E-state index is -0.532. The van der Waals surface area contributed by atoms with Crippen LogP contribution >= 0.6 is 0 Å². The molecule has 1 aliphatic carbocycles. The molecule has 0 radical (unpaired) electrons. The summed E-state index contributed by atoms with van der Waals surface area (Å²) in [5.41, 5.74) is 15.6. The van der Waals surface area contributed by atoms with Crippen LogP contribution in [0.2, 0.25) is 0 Å². The summed E-state index contributed by atoms with van der Waals surface area (Å²) in [5, 5.41) is 0. The number of hydrogen-bond donors (Lipinski definition) is 0. The van der Waals surface area contributed by atoms with E-state index in [1.807, 2.05) is 0 Å². The van der Waals surface area contributed by atoms with Gasteiger partial charge in [0.25, 0.3) is 0 Å². The fourth-order valence-corrected chi connectivity index (χ4v) is 9.98. The highest BCUT2D eigenvalue weighted by Crippen LogP contribution is 2.54. The molecule has 3 nitrogen and oxygen atoms in total. The van der Waals surface area contributed by atoms with E-state index in [0.717, 1.165) is 51.7 Å². The third-order valence-electron chi connectivity index (χ3n) is 13.2. The van der Waals surface area contributed by atoms with Crippen molar-refractivity contribution >= 4 is 28.4 Å². The van der Waals surface area contributed by atoms with Gasteiger partial charge >= 0.3 is 0 Å². The number of rotatable bonds is 10. The van der Waals surface area contributed by atoms with Crippen molar-refractivity contribution < 1.29 is 4.74 Å². The highest BCUT2D eigenvalue weighted by Gasteiger charge is 2.53. The fourth-order valence-electron chi connectivity index (χ4n) is 9.98. The Labute approximate surface area is 376 Å². The average Bonchev–Trinajstić information content (AvgIpc) is 3.69. The molecule has 0 aromatic heterocycles. The zero-order chi connectivity index (χ0) is 42.9. The van der Waals surface area contributed by atoms with Gasteiger partial charge in [-0.05, 0) is 101 Å². The van der Waals surface area contributed by atoms with E-state index >= 15 is 0 Å². The van der Waals surface area contributed by atoms with E-state index in [2.05, 4.69) is 265 Å². The lowest BCUT2D eigenvalue weighted by molar-refractivity contribution is 0.0680. The molecule has 9 aromatic carbocycles. The minimum absolute atomic E-state index is 0.0297. The average molecular weight is 825 g/mol. The lowest BCUT2D eigenvalue weighted by Crippen LogP contribution is -2.55. The molecular formula is C61H48N2O. The number of benzene rings is 9. The van der Waals surface area contributed by atoms with E-state index in [1.54, 1.807) is 0 Å². The maximum absolute atomic E-state index is 7.13. The summed E-state index contributed by atoms with van der Waals surface area (Å²) in [6.45, 7) is 2.31. The SMILES string of the molecule is CC12Oc3ccccc3C1C=CCC2N(c1ccc(-c2ccccc2)cc1)c1ccccc1-c1ccccc1N(c1ccc(-c2ccccc2)cc1)c1ccc(-c2ccccc2)cc1. The highest BCUT2D eigenvalue weighted by atomic mass is 16.5.